The van der Waals surface area contributed by atoms with Crippen molar-refractivity contribution in [3.8, 4) is 5.75 Å². The van der Waals surface area contributed by atoms with Gasteiger partial charge in [0, 0.05) is 49.1 Å². The largest absolute Gasteiger partial charge is 0.453 e. The van der Waals surface area contributed by atoms with E-state index in [-0.39, 0.29) is 23.6 Å². The Labute approximate surface area is 189 Å². The molecule has 1 saturated heterocycles. The quantitative estimate of drug-likeness (QED) is 0.715. The van der Waals surface area contributed by atoms with Crippen molar-refractivity contribution in [3.63, 3.8) is 0 Å². The van der Waals surface area contributed by atoms with Gasteiger partial charge in [0.1, 0.15) is 11.9 Å². The number of carbonyl (C=O) groups is 2. The molecular formula is C26H32N2O4. The maximum absolute atomic E-state index is 13.0. The van der Waals surface area contributed by atoms with Gasteiger partial charge in [-0.25, -0.2) is 9.59 Å². The second-order valence-electron chi connectivity index (χ2n) is 9.87. The molecule has 2 heterocycles. The van der Waals surface area contributed by atoms with E-state index < -0.39 is 0 Å². The lowest BCUT2D eigenvalue weighted by atomic mass is 9.82. The second kappa shape index (κ2) is 8.58. The first-order valence-electron chi connectivity index (χ1n) is 11.3. The summed E-state index contributed by atoms with van der Waals surface area (Å²) in [6.07, 6.45) is -0.223. The number of ether oxygens (including phenoxy) is 2. The molecule has 1 fully saturated rings. The molecule has 6 heteroatoms. The van der Waals surface area contributed by atoms with Crippen LogP contribution in [0, 0.1) is 19.3 Å². The molecular weight excluding hydrogens is 404 g/mol. The van der Waals surface area contributed by atoms with Gasteiger partial charge in [0.15, 0.2) is 0 Å². The highest BCUT2D eigenvalue weighted by Gasteiger charge is 2.41. The standard InChI is InChI=1S/C26H32N2O4/c1-16-6-7-18(17(2)14-16)15-20-21(31-25(30)28-12-10-27-11-13-28)9-8-19-22(20)24(29)32-23(19)26(3,4)5/h6-9,14,23,27H,10-13,15H2,1-5H3. The van der Waals surface area contributed by atoms with E-state index >= 15 is 0 Å². The van der Waals surface area contributed by atoms with Crippen LogP contribution in [0.25, 0.3) is 0 Å². The van der Waals surface area contributed by atoms with Crippen molar-refractivity contribution in [1.82, 2.24) is 10.2 Å². The number of rotatable bonds is 3. The Bertz CT molecular complexity index is 1050. The van der Waals surface area contributed by atoms with Gasteiger partial charge in [-0.3, -0.25) is 0 Å². The van der Waals surface area contributed by atoms with Crippen LogP contribution in [-0.2, 0) is 11.2 Å². The number of aryl methyl sites for hydroxylation is 2. The van der Waals surface area contributed by atoms with E-state index in [0.29, 0.717) is 30.8 Å². The van der Waals surface area contributed by atoms with Gasteiger partial charge in [-0.05, 0) is 31.0 Å². The van der Waals surface area contributed by atoms with E-state index in [1.807, 2.05) is 12.1 Å². The SMILES string of the molecule is Cc1ccc(Cc2c(OC(=O)N3CCNCC3)ccc3c2C(=O)OC3C(C)(C)C)c(C)c1. The van der Waals surface area contributed by atoms with Crippen LogP contribution in [0.3, 0.4) is 0 Å². The molecule has 2 aromatic carbocycles. The fourth-order valence-electron chi connectivity index (χ4n) is 4.49. The lowest BCUT2D eigenvalue weighted by molar-refractivity contribution is 0.00775. The summed E-state index contributed by atoms with van der Waals surface area (Å²) in [5.41, 5.74) is 5.30. The molecule has 1 atom stereocenters. The fraction of sp³-hybridized carbons (Fsp3) is 0.462. The van der Waals surface area contributed by atoms with Crippen LogP contribution in [0.5, 0.6) is 5.75 Å². The average molecular weight is 437 g/mol. The van der Waals surface area contributed by atoms with E-state index in [1.165, 1.54) is 5.56 Å². The summed E-state index contributed by atoms with van der Waals surface area (Å²) in [7, 11) is 0. The van der Waals surface area contributed by atoms with Crippen LogP contribution in [0.1, 0.15) is 65.1 Å². The van der Waals surface area contributed by atoms with Crippen LogP contribution in [0.4, 0.5) is 4.79 Å². The monoisotopic (exact) mass is 436 g/mol. The van der Waals surface area contributed by atoms with E-state index in [9.17, 15) is 9.59 Å². The Kier molecular flexibility index (Phi) is 5.99. The van der Waals surface area contributed by atoms with E-state index in [0.717, 1.165) is 35.3 Å². The third-order valence-corrected chi connectivity index (χ3v) is 6.24. The van der Waals surface area contributed by atoms with Gasteiger partial charge >= 0.3 is 12.1 Å². The van der Waals surface area contributed by atoms with E-state index in [1.54, 1.807) is 4.90 Å². The molecule has 4 rings (SSSR count). The summed E-state index contributed by atoms with van der Waals surface area (Å²) in [6, 6.07) is 9.96. The van der Waals surface area contributed by atoms with Gasteiger partial charge in [0.2, 0.25) is 0 Å². The maximum Gasteiger partial charge on any atom is 0.415 e. The van der Waals surface area contributed by atoms with Crippen LogP contribution >= 0.6 is 0 Å². The third-order valence-electron chi connectivity index (χ3n) is 6.24. The zero-order valence-electron chi connectivity index (χ0n) is 19.6. The molecule has 6 nitrogen and oxygen atoms in total. The predicted molar refractivity (Wildman–Crippen MR) is 123 cm³/mol. The molecule has 0 aliphatic carbocycles. The number of cyclic esters (lactones) is 1. The first-order chi connectivity index (χ1) is 15.1. The van der Waals surface area contributed by atoms with Crippen molar-refractivity contribution in [2.45, 2.75) is 47.1 Å². The van der Waals surface area contributed by atoms with Gasteiger partial charge < -0.3 is 19.7 Å². The summed E-state index contributed by atoms with van der Waals surface area (Å²) >= 11 is 0. The number of nitrogens with one attached hydrogen (secondary N) is 1. The number of fused-ring (bicyclic) bond motifs is 1. The Morgan fingerprint density at radius 2 is 1.88 bits per heavy atom. The maximum atomic E-state index is 13.0. The lowest BCUT2D eigenvalue weighted by Crippen LogP contribution is -2.47. The van der Waals surface area contributed by atoms with Gasteiger partial charge in [-0.15, -0.1) is 0 Å². The summed E-state index contributed by atoms with van der Waals surface area (Å²) < 4.78 is 11.7. The molecule has 1 unspecified atom stereocenters. The second-order valence-corrected chi connectivity index (χ2v) is 9.87. The molecule has 2 aromatic rings. The highest BCUT2D eigenvalue weighted by atomic mass is 16.6. The Morgan fingerprint density at radius 3 is 2.53 bits per heavy atom. The number of benzene rings is 2. The minimum absolute atomic E-state index is 0.239. The van der Waals surface area contributed by atoms with Crippen molar-refractivity contribution >= 4 is 12.1 Å². The predicted octanol–water partition coefficient (Wildman–Crippen LogP) is 4.56. The number of hydrogen-bond acceptors (Lipinski definition) is 5. The highest BCUT2D eigenvalue weighted by Crippen LogP contribution is 2.46. The van der Waals surface area contributed by atoms with Gasteiger partial charge in [-0.1, -0.05) is 50.6 Å². The Hall–Kier alpha value is -2.86. The molecule has 0 aromatic heterocycles. The average Bonchev–Trinajstić information content (AvgIpc) is 3.09. The van der Waals surface area contributed by atoms with Crippen LogP contribution in [0.2, 0.25) is 0 Å². The smallest absolute Gasteiger partial charge is 0.415 e. The van der Waals surface area contributed by atoms with Crippen molar-refractivity contribution < 1.29 is 19.1 Å². The number of carbonyl (C=O) groups excluding carboxylic acids is 2. The number of hydrogen-bond donors (Lipinski definition) is 1. The molecule has 1 N–H and O–H groups in total. The summed E-state index contributed by atoms with van der Waals surface area (Å²) in [6.45, 7) is 13.0. The molecule has 0 spiro atoms. The number of esters is 1. The van der Waals surface area contributed by atoms with Crippen molar-refractivity contribution in [2.24, 2.45) is 5.41 Å². The molecule has 1 amide bonds. The topological polar surface area (TPSA) is 67.9 Å². The van der Waals surface area contributed by atoms with Crippen LogP contribution in [-0.4, -0.2) is 43.1 Å². The van der Waals surface area contributed by atoms with Crippen molar-refractivity contribution in [1.29, 1.82) is 0 Å². The molecule has 170 valence electrons. The van der Waals surface area contributed by atoms with Crippen LogP contribution < -0.4 is 10.1 Å². The van der Waals surface area contributed by atoms with Crippen molar-refractivity contribution in [3.05, 3.63) is 63.7 Å². The number of amides is 1. The number of nitrogens with zero attached hydrogens (tertiary/aromatic N) is 1. The Morgan fingerprint density at radius 1 is 1.16 bits per heavy atom. The van der Waals surface area contributed by atoms with Gasteiger partial charge in [-0.2, -0.15) is 0 Å². The van der Waals surface area contributed by atoms with Crippen LogP contribution in [0.15, 0.2) is 30.3 Å². The highest BCUT2D eigenvalue weighted by molar-refractivity contribution is 5.97. The molecule has 32 heavy (non-hydrogen) atoms. The normalized spacial score (nSPS) is 18.3. The van der Waals surface area contributed by atoms with E-state index in [2.05, 4.69) is 58.1 Å². The summed E-state index contributed by atoms with van der Waals surface area (Å²) in [5.74, 6) is 0.0820. The zero-order chi connectivity index (χ0) is 23.0. The lowest BCUT2D eigenvalue weighted by Gasteiger charge is -2.27. The minimum Gasteiger partial charge on any atom is -0.453 e. The van der Waals surface area contributed by atoms with Gasteiger partial charge in [0.05, 0.1) is 5.56 Å². The first-order valence-corrected chi connectivity index (χ1v) is 11.3. The summed E-state index contributed by atoms with van der Waals surface area (Å²) in [4.78, 5) is 27.6. The first kappa shape index (κ1) is 22.3. The molecule has 0 radical (unpaired) electrons. The molecule has 0 saturated carbocycles. The van der Waals surface area contributed by atoms with Gasteiger partial charge in [0.25, 0.3) is 0 Å². The Balaban J connectivity index is 1.76. The molecule has 2 aliphatic heterocycles. The minimum atomic E-state index is -0.382. The zero-order valence-corrected chi connectivity index (χ0v) is 19.6. The van der Waals surface area contributed by atoms with Crippen molar-refractivity contribution in [2.75, 3.05) is 26.2 Å². The fourth-order valence-corrected chi connectivity index (χ4v) is 4.49. The summed E-state index contributed by atoms with van der Waals surface area (Å²) in [5, 5.41) is 3.24. The van der Waals surface area contributed by atoms with E-state index in [4.69, 9.17) is 9.47 Å². The molecule has 2 aliphatic rings. The number of piperazine rings is 1. The molecule has 0 bridgehead atoms. The third kappa shape index (κ3) is 4.37.